The van der Waals surface area contributed by atoms with Gasteiger partial charge in [-0.25, -0.2) is 4.39 Å². The molecule has 47 heavy (non-hydrogen) atoms. The fourth-order valence-electron chi connectivity index (χ4n) is 13.9. The molecule has 268 valence electrons. The van der Waals surface area contributed by atoms with E-state index in [1.807, 2.05) is 0 Å². The van der Waals surface area contributed by atoms with Gasteiger partial charge < -0.3 is 29.2 Å². The first-order valence-electron chi connectivity index (χ1n) is 18.7. The van der Waals surface area contributed by atoms with Crippen LogP contribution >= 0.6 is 0 Å². The highest BCUT2D eigenvalue weighted by atomic mass is 19.1. The fraction of sp³-hybridized carbons (Fsp3) is 0.974. The molecule has 2 saturated heterocycles. The maximum absolute atomic E-state index is 13.1. The van der Waals surface area contributed by atoms with Gasteiger partial charge in [-0.1, -0.05) is 34.6 Å². The van der Waals surface area contributed by atoms with E-state index < -0.39 is 29.9 Å². The van der Waals surface area contributed by atoms with Crippen molar-refractivity contribution >= 4 is 5.97 Å². The summed E-state index contributed by atoms with van der Waals surface area (Å²) in [5, 5.41) is 23.6. The van der Waals surface area contributed by atoms with E-state index in [0.29, 0.717) is 38.0 Å². The monoisotopic (exact) mass is 663 g/mol. The van der Waals surface area contributed by atoms with Crippen LogP contribution in [0.2, 0.25) is 0 Å². The van der Waals surface area contributed by atoms with E-state index in [9.17, 15) is 19.4 Å². The summed E-state index contributed by atoms with van der Waals surface area (Å²) < 4.78 is 38.4. The summed E-state index contributed by atoms with van der Waals surface area (Å²) in [6.07, 6.45) is 6.21. The van der Waals surface area contributed by atoms with E-state index in [1.165, 1.54) is 19.8 Å². The van der Waals surface area contributed by atoms with E-state index in [-0.39, 0.29) is 64.1 Å². The third-order valence-electron chi connectivity index (χ3n) is 15.9. The van der Waals surface area contributed by atoms with Gasteiger partial charge in [-0.15, -0.1) is 0 Å². The number of fused-ring (bicyclic) bond motifs is 4. The molecule has 2 aliphatic heterocycles. The van der Waals surface area contributed by atoms with Gasteiger partial charge in [0.1, 0.15) is 6.67 Å². The summed E-state index contributed by atoms with van der Waals surface area (Å²) in [4.78, 5) is 14.2. The van der Waals surface area contributed by atoms with E-state index in [4.69, 9.17) is 18.9 Å². The second-order valence-electron chi connectivity index (χ2n) is 18.7. The van der Waals surface area contributed by atoms with Gasteiger partial charge in [0.05, 0.1) is 36.6 Å². The topological polar surface area (TPSA) is 97.7 Å². The first-order valence-corrected chi connectivity index (χ1v) is 18.7. The number of halogens is 1. The van der Waals surface area contributed by atoms with Gasteiger partial charge in [-0.3, -0.25) is 9.69 Å². The van der Waals surface area contributed by atoms with Crippen molar-refractivity contribution in [2.24, 2.45) is 50.7 Å². The molecule has 0 radical (unpaired) electrons. The van der Waals surface area contributed by atoms with E-state index in [2.05, 4.69) is 39.5 Å². The maximum Gasteiger partial charge on any atom is 0.303 e. The SMILES string of the molecule is CC(=O)O[C@@H]([C@H]1C[C@@H](C)C2[C@H](O1)[C@H](O)[C@@]1(C)[C@@H]3CC[C@H]4C(C)(C)[C@@H](OC5CN(CCF)CCO5)CC[C@@]45C[C@@]35CC[C@]21C)C(C)(C)O. The molecule has 7 fully saturated rings. The molecule has 8 nitrogen and oxygen atoms in total. The molecule has 9 heteroatoms. The van der Waals surface area contributed by atoms with Crippen LogP contribution < -0.4 is 0 Å². The Kier molecular flexibility index (Phi) is 8.34. The minimum atomic E-state index is -1.26. The molecule has 7 aliphatic rings. The van der Waals surface area contributed by atoms with Gasteiger partial charge in [-0.05, 0) is 111 Å². The Hall–Kier alpha value is -0.840. The fourth-order valence-corrected chi connectivity index (χ4v) is 13.9. The molecule has 0 aromatic rings. The third-order valence-corrected chi connectivity index (χ3v) is 15.9. The minimum absolute atomic E-state index is 0.00392. The summed E-state index contributed by atoms with van der Waals surface area (Å²) in [5.74, 6) is 1.01. The standard InChI is InChI=1S/C38H62FNO7/c1-22-19-24(32(34(5,6)43)45-23(2)41)46-30-29(22)35(7)13-14-38-21-37(38)12-11-27(47-28-20-40(16-15-39)17-18-44-28)33(3,4)25(37)9-10-26(38)36(35,8)31(30)42/h22,24-32,42-43H,9-21H2,1-8H3/t22-,24-,25+,26+,27+,28?,29?,30+,31+,32+,35-,36-,37-,38+/m1/s1. The Labute approximate surface area is 281 Å². The van der Waals surface area contributed by atoms with Crippen molar-refractivity contribution in [3.05, 3.63) is 0 Å². The first-order chi connectivity index (χ1) is 22.0. The number of rotatable bonds is 7. The Morgan fingerprint density at radius 2 is 1.79 bits per heavy atom. The minimum Gasteiger partial charge on any atom is -0.457 e. The number of aliphatic hydroxyl groups is 2. The zero-order valence-corrected chi connectivity index (χ0v) is 30.2. The molecule has 7 rings (SSSR count). The number of morpholine rings is 1. The number of carbonyl (C=O) groups excluding carboxylic acids is 1. The number of nitrogens with zero attached hydrogens (tertiary/aromatic N) is 1. The highest BCUT2D eigenvalue weighted by Gasteiger charge is 2.84. The van der Waals surface area contributed by atoms with Gasteiger partial charge in [0.25, 0.3) is 0 Å². The average molecular weight is 664 g/mol. The Morgan fingerprint density at radius 1 is 1.09 bits per heavy atom. The number of hydrogen-bond acceptors (Lipinski definition) is 8. The molecular weight excluding hydrogens is 601 g/mol. The summed E-state index contributed by atoms with van der Waals surface area (Å²) >= 11 is 0. The number of alkyl halides is 1. The van der Waals surface area contributed by atoms with E-state index in [0.717, 1.165) is 38.6 Å². The lowest BCUT2D eigenvalue weighted by molar-refractivity contribution is -0.249. The summed E-state index contributed by atoms with van der Waals surface area (Å²) in [6.45, 7) is 18.8. The normalized spacial score (nSPS) is 51.1. The highest BCUT2D eigenvalue weighted by Crippen LogP contribution is 2.89. The number of hydrogen-bond donors (Lipinski definition) is 2. The summed E-state index contributed by atoms with van der Waals surface area (Å²) in [7, 11) is 0. The van der Waals surface area contributed by atoms with Crippen LogP contribution in [0.25, 0.3) is 0 Å². The highest BCUT2D eigenvalue weighted by molar-refractivity contribution is 5.66. The Morgan fingerprint density at radius 3 is 2.47 bits per heavy atom. The first kappa shape index (κ1) is 34.6. The molecule has 2 N–H and O–H groups in total. The van der Waals surface area contributed by atoms with Gasteiger partial charge in [0, 0.05) is 32.0 Å². The maximum atomic E-state index is 13.1. The molecule has 0 aromatic heterocycles. The largest absolute Gasteiger partial charge is 0.457 e. The molecule has 5 aliphatic carbocycles. The zero-order chi connectivity index (χ0) is 33.9. The van der Waals surface area contributed by atoms with E-state index in [1.54, 1.807) is 13.8 Å². The molecule has 14 atom stereocenters. The van der Waals surface area contributed by atoms with Crippen molar-refractivity contribution in [2.75, 3.05) is 32.9 Å². The molecule has 0 aromatic carbocycles. The second kappa shape index (κ2) is 11.3. The van der Waals surface area contributed by atoms with Gasteiger partial charge in [-0.2, -0.15) is 0 Å². The average Bonchev–Trinajstić information content (AvgIpc) is 3.62. The number of aliphatic hydroxyl groups excluding tert-OH is 1. The van der Waals surface area contributed by atoms with Crippen LogP contribution in [0.3, 0.4) is 0 Å². The number of esters is 1. The summed E-state index contributed by atoms with van der Waals surface area (Å²) in [5.41, 5.74) is -1.12. The van der Waals surface area contributed by atoms with Crippen LogP contribution in [0.5, 0.6) is 0 Å². The van der Waals surface area contributed by atoms with Gasteiger partial charge in [0.15, 0.2) is 12.4 Å². The smallest absolute Gasteiger partial charge is 0.303 e. The third kappa shape index (κ3) is 4.82. The van der Waals surface area contributed by atoms with E-state index >= 15 is 0 Å². The molecule has 2 spiro atoms. The van der Waals surface area contributed by atoms with Crippen molar-refractivity contribution in [3.63, 3.8) is 0 Å². The van der Waals surface area contributed by atoms with Gasteiger partial charge in [0.2, 0.25) is 0 Å². The quantitative estimate of drug-likeness (QED) is 0.344. The van der Waals surface area contributed by atoms with Crippen LogP contribution in [0.15, 0.2) is 0 Å². The number of ether oxygens (including phenoxy) is 4. The number of carbonyl (C=O) groups is 1. The molecule has 2 heterocycles. The van der Waals surface area contributed by atoms with Crippen molar-refractivity contribution in [1.29, 1.82) is 0 Å². The van der Waals surface area contributed by atoms with Crippen molar-refractivity contribution in [3.8, 4) is 0 Å². The van der Waals surface area contributed by atoms with Crippen LogP contribution in [0, 0.1) is 50.7 Å². The second-order valence-corrected chi connectivity index (χ2v) is 18.7. The van der Waals surface area contributed by atoms with Crippen LogP contribution in [-0.2, 0) is 23.7 Å². The Bertz CT molecular complexity index is 1220. The molecular formula is C38H62FNO7. The lowest BCUT2D eigenvalue weighted by atomic mass is 9.41. The van der Waals surface area contributed by atoms with Crippen molar-refractivity contribution in [2.45, 2.75) is 149 Å². The van der Waals surface area contributed by atoms with Crippen LogP contribution in [0.4, 0.5) is 4.39 Å². The van der Waals surface area contributed by atoms with Gasteiger partial charge >= 0.3 is 5.97 Å². The van der Waals surface area contributed by atoms with Crippen LogP contribution in [-0.4, -0.2) is 96.4 Å². The zero-order valence-electron chi connectivity index (χ0n) is 30.2. The summed E-state index contributed by atoms with van der Waals surface area (Å²) in [6, 6.07) is 0. The van der Waals surface area contributed by atoms with Crippen molar-refractivity contribution < 1.29 is 38.3 Å². The lowest BCUT2D eigenvalue weighted by Gasteiger charge is -2.64. The lowest BCUT2D eigenvalue weighted by Crippen LogP contribution is -2.60. The Balaban J connectivity index is 1.13. The molecule has 0 bridgehead atoms. The molecule has 2 unspecified atom stereocenters. The van der Waals surface area contributed by atoms with Crippen LogP contribution in [0.1, 0.15) is 107 Å². The predicted molar refractivity (Wildman–Crippen MR) is 175 cm³/mol. The molecule has 5 saturated carbocycles. The molecule has 0 amide bonds. The van der Waals surface area contributed by atoms with Crippen molar-refractivity contribution in [1.82, 2.24) is 4.90 Å². The predicted octanol–water partition coefficient (Wildman–Crippen LogP) is 5.52.